The lowest BCUT2D eigenvalue weighted by atomic mass is 9.93. The van der Waals surface area contributed by atoms with Crippen LogP contribution in [0.2, 0.25) is 10.0 Å². The number of carbonyl (C=O) groups excluding carboxylic acids is 2. The van der Waals surface area contributed by atoms with E-state index in [0.29, 0.717) is 27.5 Å². The van der Waals surface area contributed by atoms with Crippen molar-refractivity contribution in [2.75, 3.05) is 7.11 Å². The quantitative estimate of drug-likeness (QED) is 0.302. The van der Waals surface area contributed by atoms with Crippen molar-refractivity contribution in [2.45, 2.75) is 19.5 Å². The van der Waals surface area contributed by atoms with Gasteiger partial charge in [0.25, 0.3) is 11.7 Å². The Morgan fingerprint density at radius 1 is 1.12 bits per heavy atom. The number of aliphatic hydroxyl groups excluding tert-OH is 1. The predicted molar refractivity (Wildman–Crippen MR) is 126 cm³/mol. The third-order valence-corrected chi connectivity index (χ3v) is 6.30. The second-order valence-electron chi connectivity index (χ2n) is 7.64. The van der Waals surface area contributed by atoms with Crippen LogP contribution in [0.3, 0.4) is 0 Å². The highest BCUT2D eigenvalue weighted by Crippen LogP contribution is 2.42. The fourth-order valence-corrected chi connectivity index (χ4v) is 4.24. The van der Waals surface area contributed by atoms with Crippen molar-refractivity contribution in [2.24, 2.45) is 0 Å². The van der Waals surface area contributed by atoms with Crippen LogP contribution in [0.25, 0.3) is 5.76 Å². The minimum absolute atomic E-state index is 0.0180. The van der Waals surface area contributed by atoms with Gasteiger partial charge < -0.3 is 14.7 Å². The molecule has 2 aromatic carbocycles. The van der Waals surface area contributed by atoms with E-state index >= 15 is 0 Å². The van der Waals surface area contributed by atoms with Crippen LogP contribution in [0.4, 0.5) is 0 Å². The minimum Gasteiger partial charge on any atom is -0.507 e. The smallest absolute Gasteiger partial charge is 0.295 e. The van der Waals surface area contributed by atoms with Crippen LogP contribution in [0.15, 0.2) is 66.5 Å². The summed E-state index contributed by atoms with van der Waals surface area (Å²) in [4.78, 5) is 31.8. The summed E-state index contributed by atoms with van der Waals surface area (Å²) >= 11 is 12.3. The van der Waals surface area contributed by atoms with E-state index in [1.165, 1.54) is 4.90 Å². The highest BCUT2D eigenvalue weighted by molar-refractivity contribution is 6.46. The number of aromatic nitrogens is 1. The fraction of sp³-hybridized carbons (Fsp3) is 0.160. The number of aliphatic hydroxyl groups is 1. The van der Waals surface area contributed by atoms with E-state index in [2.05, 4.69) is 4.98 Å². The maximum absolute atomic E-state index is 13.2. The lowest BCUT2D eigenvalue weighted by molar-refractivity contribution is -0.140. The number of amides is 1. The van der Waals surface area contributed by atoms with Crippen molar-refractivity contribution in [3.8, 4) is 5.75 Å². The molecule has 2 heterocycles. The first-order valence-corrected chi connectivity index (χ1v) is 10.8. The van der Waals surface area contributed by atoms with Gasteiger partial charge in [-0.1, -0.05) is 35.3 Å². The fourth-order valence-electron chi connectivity index (χ4n) is 3.93. The van der Waals surface area contributed by atoms with Gasteiger partial charge in [-0.15, -0.1) is 0 Å². The number of pyridine rings is 1. The zero-order chi connectivity index (χ0) is 23.7. The molecular formula is C25H20Cl2N2O4. The van der Waals surface area contributed by atoms with E-state index in [0.717, 1.165) is 5.56 Å². The Morgan fingerprint density at radius 3 is 2.55 bits per heavy atom. The second-order valence-corrected chi connectivity index (χ2v) is 8.46. The number of benzene rings is 2. The Kier molecular flexibility index (Phi) is 6.40. The van der Waals surface area contributed by atoms with Gasteiger partial charge in [0.05, 0.1) is 28.8 Å². The summed E-state index contributed by atoms with van der Waals surface area (Å²) in [6.07, 6.45) is 3.25. The van der Waals surface area contributed by atoms with Gasteiger partial charge in [0.2, 0.25) is 0 Å². The molecule has 1 N–H and O–H groups in total. The molecule has 1 saturated heterocycles. The van der Waals surface area contributed by atoms with Gasteiger partial charge in [-0.3, -0.25) is 14.6 Å². The van der Waals surface area contributed by atoms with Crippen molar-refractivity contribution in [3.05, 3.63) is 98.8 Å². The molecule has 1 aromatic heterocycles. The average molecular weight is 483 g/mol. The van der Waals surface area contributed by atoms with Crippen LogP contribution in [0.5, 0.6) is 5.75 Å². The molecule has 4 rings (SSSR count). The number of carbonyl (C=O) groups is 2. The molecule has 0 unspecified atom stereocenters. The molecule has 0 radical (unpaired) electrons. The summed E-state index contributed by atoms with van der Waals surface area (Å²) in [5.41, 5.74) is 2.40. The van der Waals surface area contributed by atoms with E-state index in [-0.39, 0.29) is 22.9 Å². The Labute approximate surface area is 201 Å². The monoisotopic (exact) mass is 482 g/mol. The lowest BCUT2D eigenvalue weighted by Crippen LogP contribution is -2.29. The number of hydrogen-bond acceptors (Lipinski definition) is 5. The lowest BCUT2D eigenvalue weighted by Gasteiger charge is -2.25. The van der Waals surface area contributed by atoms with Crippen molar-refractivity contribution < 1.29 is 19.4 Å². The Bertz CT molecular complexity index is 1270. The van der Waals surface area contributed by atoms with Crippen molar-refractivity contribution >= 4 is 40.7 Å². The molecule has 1 atom stereocenters. The van der Waals surface area contributed by atoms with Gasteiger partial charge in [-0.2, -0.15) is 0 Å². The number of ether oxygens (including phenoxy) is 1. The average Bonchev–Trinajstić information content (AvgIpc) is 3.06. The van der Waals surface area contributed by atoms with Crippen molar-refractivity contribution in [1.29, 1.82) is 0 Å². The summed E-state index contributed by atoms with van der Waals surface area (Å²) in [6, 6.07) is 12.7. The molecule has 0 bridgehead atoms. The topological polar surface area (TPSA) is 79.7 Å². The van der Waals surface area contributed by atoms with Gasteiger partial charge in [0.15, 0.2) is 0 Å². The highest BCUT2D eigenvalue weighted by atomic mass is 35.5. The van der Waals surface area contributed by atoms with E-state index < -0.39 is 17.7 Å². The molecule has 168 valence electrons. The molecule has 3 aromatic rings. The standard InChI is InChI=1S/C25H20Cl2N2O4/c1-14-10-17(33-2)6-7-18(14)23(30)21-22(16-5-8-19(26)20(27)11-16)29(25(32)24(21)31)13-15-4-3-9-28-12-15/h3-12,22,30H,13H2,1-2H3/b23-21+/t22-/m1/s1. The van der Waals surface area contributed by atoms with Crippen LogP contribution < -0.4 is 4.74 Å². The molecule has 1 fully saturated rings. The van der Waals surface area contributed by atoms with Crippen LogP contribution in [-0.4, -0.2) is 33.8 Å². The molecular weight excluding hydrogens is 463 g/mol. The van der Waals surface area contributed by atoms with E-state index in [1.54, 1.807) is 68.9 Å². The van der Waals surface area contributed by atoms with Gasteiger partial charge in [0.1, 0.15) is 11.5 Å². The first-order chi connectivity index (χ1) is 15.8. The van der Waals surface area contributed by atoms with Gasteiger partial charge in [-0.05, 0) is 60.0 Å². The molecule has 6 nitrogen and oxygen atoms in total. The second kappa shape index (κ2) is 9.25. The molecule has 0 spiro atoms. The van der Waals surface area contributed by atoms with Gasteiger partial charge >= 0.3 is 0 Å². The Balaban J connectivity index is 1.90. The van der Waals surface area contributed by atoms with Gasteiger partial charge in [-0.25, -0.2) is 0 Å². The molecule has 1 aliphatic heterocycles. The normalized spacial score (nSPS) is 17.5. The Morgan fingerprint density at radius 2 is 1.91 bits per heavy atom. The zero-order valence-corrected chi connectivity index (χ0v) is 19.4. The number of hydrogen-bond donors (Lipinski definition) is 1. The van der Waals surface area contributed by atoms with Crippen LogP contribution >= 0.6 is 23.2 Å². The number of likely N-dealkylation sites (tertiary alicyclic amines) is 1. The summed E-state index contributed by atoms with van der Waals surface area (Å²) < 4.78 is 5.23. The predicted octanol–water partition coefficient (Wildman–Crippen LogP) is 5.33. The summed E-state index contributed by atoms with van der Waals surface area (Å²) in [6.45, 7) is 1.92. The Hall–Kier alpha value is -3.35. The van der Waals surface area contributed by atoms with Gasteiger partial charge in [0, 0.05) is 24.5 Å². The minimum atomic E-state index is -0.860. The number of ketones is 1. The number of Topliss-reactive ketones (excluding diaryl/α,β-unsaturated/α-hetero) is 1. The zero-order valence-electron chi connectivity index (χ0n) is 17.9. The third-order valence-electron chi connectivity index (χ3n) is 5.56. The van der Waals surface area contributed by atoms with Crippen LogP contribution in [-0.2, 0) is 16.1 Å². The van der Waals surface area contributed by atoms with Crippen molar-refractivity contribution in [3.63, 3.8) is 0 Å². The number of methoxy groups -OCH3 is 1. The molecule has 1 amide bonds. The molecule has 33 heavy (non-hydrogen) atoms. The van der Waals surface area contributed by atoms with Crippen LogP contribution in [0.1, 0.15) is 28.3 Å². The van der Waals surface area contributed by atoms with E-state index in [1.807, 2.05) is 6.07 Å². The van der Waals surface area contributed by atoms with E-state index in [9.17, 15) is 14.7 Å². The maximum Gasteiger partial charge on any atom is 0.295 e. The first kappa shape index (κ1) is 22.8. The number of nitrogens with zero attached hydrogens (tertiary/aromatic N) is 2. The summed E-state index contributed by atoms with van der Waals surface area (Å²) in [7, 11) is 1.54. The van der Waals surface area contributed by atoms with Crippen LogP contribution in [0, 0.1) is 6.92 Å². The van der Waals surface area contributed by atoms with E-state index in [4.69, 9.17) is 27.9 Å². The summed E-state index contributed by atoms with van der Waals surface area (Å²) in [5.74, 6) is -1.15. The number of rotatable bonds is 5. The largest absolute Gasteiger partial charge is 0.507 e. The maximum atomic E-state index is 13.2. The van der Waals surface area contributed by atoms with Crippen molar-refractivity contribution in [1.82, 2.24) is 9.88 Å². The summed E-state index contributed by atoms with van der Waals surface area (Å²) in [5, 5.41) is 11.9. The SMILES string of the molecule is COc1ccc(/C(O)=C2\C(=O)C(=O)N(Cc3cccnc3)[C@@H]2c2ccc(Cl)c(Cl)c2)c(C)c1. The molecule has 0 saturated carbocycles. The molecule has 8 heteroatoms. The molecule has 1 aliphatic rings. The molecule has 0 aliphatic carbocycles. The third kappa shape index (κ3) is 4.32. The highest BCUT2D eigenvalue weighted by Gasteiger charge is 2.46. The first-order valence-electron chi connectivity index (χ1n) is 10.1. The number of aryl methyl sites for hydroxylation is 1. The number of halogens is 2.